The van der Waals surface area contributed by atoms with Crippen molar-refractivity contribution in [3.8, 4) is 11.5 Å². The number of hydrogen-bond acceptors (Lipinski definition) is 5. The van der Waals surface area contributed by atoms with Crippen molar-refractivity contribution in [3.63, 3.8) is 0 Å². The molecule has 0 bridgehead atoms. The fourth-order valence-electron chi connectivity index (χ4n) is 1.65. The second-order valence-electron chi connectivity index (χ2n) is 5.00. The van der Waals surface area contributed by atoms with Crippen LogP contribution in [0.25, 0.3) is 0 Å². The maximum atomic E-state index is 11.4. The molecule has 2 N–H and O–H groups in total. The molecule has 6 heteroatoms. The van der Waals surface area contributed by atoms with Crippen LogP contribution < -0.4 is 14.8 Å². The van der Waals surface area contributed by atoms with E-state index in [0.717, 1.165) is 0 Å². The molecule has 21 heavy (non-hydrogen) atoms. The van der Waals surface area contributed by atoms with Crippen molar-refractivity contribution in [1.82, 2.24) is 5.32 Å². The van der Waals surface area contributed by atoms with Crippen LogP contribution in [0.1, 0.15) is 25.5 Å². The van der Waals surface area contributed by atoms with Crippen LogP contribution in [0.4, 0.5) is 4.79 Å². The molecule has 1 rings (SSSR count). The maximum Gasteiger partial charge on any atom is 0.407 e. The number of carbonyl (C=O) groups is 1. The Hall–Kier alpha value is -1.95. The van der Waals surface area contributed by atoms with Gasteiger partial charge in [-0.1, -0.05) is 19.9 Å². The molecule has 0 aliphatic carbocycles. The molecule has 1 unspecified atom stereocenters. The molecule has 1 aromatic rings. The zero-order valence-electron chi connectivity index (χ0n) is 12.9. The van der Waals surface area contributed by atoms with Crippen molar-refractivity contribution in [2.75, 3.05) is 27.4 Å². The van der Waals surface area contributed by atoms with Gasteiger partial charge in [0, 0.05) is 0 Å². The molecule has 1 atom stereocenters. The van der Waals surface area contributed by atoms with Gasteiger partial charge < -0.3 is 24.6 Å². The first kappa shape index (κ1) is 17.1. The Balaban J connectivity index is 2.55. The van der Waals surface area contributed by atoms with E-state index in [2.05, 4.69) is 5.32 Å². The second kappa shape index (κ2) is 8.36. The van der Waals surface area contributed by atoms with E-state index in [4.69, 9.17) is 14.2 Å². The third-order valence-corrected chi connectivity index (χ3v) is 2.78. The van der Waals surface area contributed by atoms with Crippen LogP contribution in [0.5, 0.6) is 11.5 Å². The molecule has 0 radical (unpaired) electrons. The molecule has 0 aromatic heterocycles. The highest BCUT2D eigenvalue weighted by molar-refractivity contribution is 5.67. The minimum Gasteiger partial charge on any atom is -0.493 e. The third kappa shape index (κ3) is 5.51. The Morgan fingerprint density at radius 3 is 2.48 bits per heavy atom. The molecule has 0 spiro atoms. The van der Waals surface area contributed by atoms with Crippen LogP contribution in [-0.4, -0.2) is 38.6 Å². The lowest BCUT2D eigenvalue weighted by Gasteiger charge is -2.15. The summed E-state index contributed by atoms with van der Waals surface area (Å²) in [5, 5.41) is 12.6. The predicted octanol–water partition coefficient (Wildman–Crippen LogP) is 2.12. The fourth-order valence-corrected chi connectivity index (χ4v) is 1.65. The topological polar surface area (TPSA) is 77.0 Å². The Labute approximate surface area is 125 Å². The third-order valence-electron chi connectivity index (χ3n) is 2.78. The Kier molecular flexibility index (Phi) is 6.81. The summed E-state index contributed by atoms with van der Waals surface area (Å²) in [6.07, 6.45) is -1.39. The summed E-state index contributed by atoms with van der Waals surface area (Å²) in [5.74, 6) is 1.38. The summed E-state index contributed by atoms with van der Waals surface area (Å²) < 4.78 is 15.3. The van der Waals surface area contributed by atoms with E-state index < -0.39 is 12.2 Å². The van der Waals surface area contributed by atoms with Crippen molar-refractivity contribution >= 4 is 6.09 Å². The van der Waals surface area contributed by atoms with Gasteiger partial charge in [-0.15, -0.1) is 0 Å². The van der Waals surface area contributed by atoms with Crippen molar-refractivity contribution in [3.05, 3.63) is 23.8 Å². The molecule has 0 aliphatic rings. The van der Waals surface area contributed by atoms with E-state index in [1.807, 2.05) is 13.8 Å². The summed E-state index contributed by atoms with van der Waals surface area (Å²) in [6, 6.07) is 5.09. The second-order valence-corrected chi connectivity index (χ2v) is 5.00. The number of rotatable bonds is 7. The summed E-state index contributed by atoms with van der Waals surface area (Å²) in [4.78, 5) is 11.4. The molecule has 118 valence electrons. The van der Waals surface area contributed by atoms with Crippen LogP contribution in [0.15, 0.2) is 18.2 Å². The highest BCUT2D eigenvalue weighted by Crippen LogP contribution is 2.29. The maximum absolute atomic E-state index is 11.4. The lowest BCUT2D eigenvalue weighted by atomic mass is 10.1. The highest BCUT2D eigenvalue weighted by atomic mass is 16.5. The largest absolute Gasteiger partial charge is 0.493 e. The van der Waals surface area contributed by atoms with Gasteiger partial charge in [-0.25, -0.2) is 4.79 Å². The number of amides is 1. The monoisotopic (exact) mass is 297 g/mol. The van der Waals surface area contributed by atoms with Crippen molar-refractivity contribution in [2.45, 2.75) is 20.0 Å². The quantitative estimate of drug-likeness (QED) is 0.806. The normalized spacial score (nSPS) is 11.9. The first-order valence-electron chi connectivity index (χ1n) is 6.78. The van der Waals surface area contributed by atoms with Crippen LogP contribution in [0.2, 0.25) is 0 Å². The van der Waals surface area contributed by atoms with Crippen LogP contribution in [0.3, 0.4) is 0 Å². The van der Waals surface area contributed by atoms with Crippen molar-refractivity contribution < 1.29 is 24.1 Å². The van der Waals surface area contributed by atoms with Crippen LogP contribution in [-0.2, 0) is 4.74 Å². The van der Waals surface area contributed by atoms with Crippen LogP contribution >= 0.6 is 0 Å². The lowest BCUT2D eigenvalue weighted by Crippen LogP contribution is -2.29. The van der Waals surface area contributed by atoms with Gasteiger partial charge in [0.1, 0.15) is 0 Å². The number of ether oxygens (including phenoxy) is 3. The van der Waals surface area contributed by atoms with Gasteiger partial charge in [0.05, 0.1) is 33.5 Å². The molecule has 0 heterocycles. The summed E-state index contributed by atoms with van der Waals surface area (Å²) in [6.45, 7) is 4.31. The number of alkyl carbamates (subject to hydrolysis) is 1. The van der Waals surface area contributed by atoms with E-state index in [-0.39, 0.29) is 12.5 Å². The molecule has 1 aromatic carbocycles. The number of aliphatic hydroxyl groups is 1. The number of aliphatic hydroxyl groups excluding tert-OH is 1. The lowest BCUT2D eigenvalue weighted by molar-refractivity contribution is 0.121. The SMILES string of the molecule is COc1ccc(C(O)CNC(=O)OCC(C)C)cc1OC. The van der Waals surface area contributed by atoms with Gasteiger partial charge in [-0.3, -0.25) is 0 Å². The number of nitrogens with one attached hydrogen (secondary N) is 1. The first-order chi connectivity index (χ1) is 9.97. The zero-order chi connectivity index (χ0) is 15.8. The van der Waals surface area contributed by atoms with Gasteiger partial charge in [0.15, 0.2) is 11.5 Å². The summed E-state index contributed by atoms with van der Waals surface area (Å²) >= 11 is 0. The summed E-state index contributed by atoms with van der Waals surface area (Å²) in [5.41, 5.74) is 0.622. The molecule has 0 saturated carbocycles. The predicted molar refractivity (Wildman–Crippen MR) is 78.7 cm³/mol. The average molecular weight is 297 g/mol. The van der Waals surface area contributed by atoms with E-state index >= 15 is 0 Å². The molecule has 6 nitrogen and oxygen atoms in total. The van der Waals surface area contributed by atoms with Gasteiger partial charge in [-0.05, 0) is 23.6 Å². The van der Waals surface area contributed by atoms with E-state index in [9.17, 15) is 9.90 Å². The van der Waals surface area contributed by atoms with E-state index in [1.165, 1.54) is 7.11 Å². The van der Waals surface area contributed by atoms with Gasteiger partial charge >= 0.3 is 6.09 Å². The molecule has 0 aliphatic heterocycles. The molecular formula is C15H23NO5. The fraction of sp³-hybridized carbons (Fsp3) is 0.533. The van der Waals surface area contributed by atoms with Crippen LogP contribution in [0, 0.1) is 5.92 Å². The van der Waals surface area contributed by atoms with Gasteiger partial charge in [0.25, 0.3) is 0 Å². The summed E-state index contributed by atoms with van der Waals surface area (Å²) in [7, 11) is 3.07. The molecule has 1 amide bonds. The van der Waals surface area contributed by atoms with E-state index in [1.54, 1.807) is 25.3 Å². The molecule has 0 fully saturated rings. The number of benzene rings is 1. The minimum absolute atomic E-state index is 0.0619. The standard InChI is InChI=1S/C15H23NO5/c1-10(2)9-21-15(18)16-8-12(17)11-5-6-13(19-3)14(7-11)20-4/h5-7,10,12,17H,8-9H2,1-4H3,(H,16,18). The number of carbonyl (C=O) groups excluding carboxylic acids is 1. The van der Waals surface area contributed by atoms with Crippen molar-refractivity contribution in [2.24, 2.45) is 5.92 Å². The van der Waals surface area contributed by atoms with Gasteiger partial charge in [0.2, 0.25) is 0 Å². The Morgan fingerprint density at radius 1 is 1.24 bits per heavy atom. The number of methoxy groups -OCH3 is 2. The minimum atomic E-state index is -0.851. The molecular weight excluding hydrogens is 274 g/mol. The van der Waals surface area contributed by atoms with Crippen molar-refractivity contribution in [1.29, 1.82) is 0 Å². The first-order valence-corrected chi connectivity index (χ1v) is 6.78. The smallest absolute Gasteiger partial charge is 0.407 e. The zero-order valence-corrected chi connectivity index (χ0v) is 12.9. The Morgan fingerprint density at radius 2 is 1.90 bits per heavy atom. The number of hydrogen-bond donors (Lipinski definition) is 2. The van der Waals surface area contributed by atoms with E-state index in [0.29, 0.717) is 23.7 Å². The highest BCUT2D eigenvalue weighted by Gasteiger charge is 2.13. The van der Waals surface area contributed by atoms with Gasteiger partial charge in [-0.2, -0.15) is 0 Å². The molecule has 0 saturated heterocycles. The Bertz CT molecular complexity index is 461. The average Bonchev–Trinajstić information content (AvgIpc) is 2.49.